The summed E-state index contributed by atoms with van der Waals surface area (Å²) in [6.45, 7) is 6.19. The van der Waals surface area contributed by atoms with Crippen molar-refractivity contribution in [3.63, 3.8) is 0 Å². The van der Waals surface area contributed by atoms with Gasteiger partial charge in [0.05, 0.1) is 0 Å². The van der Waals surface area contributed by atoms with E-state index in [1.54, 1.807) is 0 Å². The van der Waals surface area contributed by atoms with Gasteiger partial charge in [0.1, 0.15) is 13.2 Å². The molecule has 0 radical (unpaired) electrons. The Bertz CT molecular complexity index is 1600. The predicted octanol–water partition coefficient (Wildman–Crippen LogP) is 16.8. The van der Waals surface area contributed by atoms with Crippen LogP contribution in [0.5, 0.6) is 0 Å². The normalized spacial score (nSPS) is 13.6. The van der Waals surface area contributed by atoms with Crippen molar-refractivity contribution in [2.24, 2.45) is 0 Å². The molecule has 6 heteroatoms. The van der Waals surface area contributed by atoms with Crippen LogP contribution in [0.25, 0.3) is 0 Å². The van der Waals surface area contributed by atoms with Gasteiger partial charge in [-0.1, -0.05) is 229 Å². The van der Waals surface area contributed by atoms with Crippen LogP contribution >= 0.6 is 0 Å². The van der Waals surface area contributed by atoms with Gasteiger partial charge in [0.25, 0.3) is 0 Å². The highest BCUT2D eigenvalue weighted by molar-refractivity contribution is 5.71. The smallest absolute Gasteiger partial charge is 0.306 e. The SMILES string of the molecule is CC\C=C/C=C\C=C/C=C\C=C\C=C/C=C\CCCCCC(=O)OCC(COC(=O)CCC/C=C\C/C=C\C/C=C\CC)OC(=O)CCCCCCC\C=C/C=C\C=C/C=C\CCCCC. The first-order valence-electron chi connectivity index (χ1n) is 25.3. The molecule has 0 bridgehead atoms. The van der Waals surface area contributed by atoms with Crippen LogP contribution in [-0.2, 0) is 28.6 Å². The molecular weight excluding hydrogens is 817 g/mol. The fourth-order valence-electron chi connectivity index (χ4n) is 5.99. The molecule has 0 saturated heterocycles. The zero-order valence-corrected chi connectivity index (χ0v) is 41.4. The molecule has 0 aromatic heterocycles. The molecule has 0 heterocycles. The lowest BCUT2D eigenvalue weighted by atomic mass is 10.1. The second kappa shape index (κ2) is 52.4. The standard InChI is InChI=1S/C60H88O6/c1-4-7-10-13-16-19-22-24-26-28-30-32-33-35-38-41-44-47-50-53-59(62)65-56-57(55-64-58(61)52-49-46-43-40-37-21-18-15-12-9-6-3)66-60(63)54-51-48-45-42-39-36-34-31-29-27-25-23-20-17-14-11-8-5-2/h7,9-10,12-13,16-35,38,40,43,57H,4-6,8,11,14-15,36-37,39,41-42,44-56H2,1-3H3/b10-7-,12-9-,16-13-,20-17-,21-18-,22-19-,25-23-,26-24-,29-27-,30-28+,33-32-,34-31-,38-35-,43-40-. The molecule has 1 atom stereocenters. The van der Waals surface area contributed by atoms with Crippen LogP contribution in [0.4, 0.5) is 0 Å². The molecule has 0 aliphatic heterocycles. The van der Waals surface area contributed by atoms with Crippen LogP contribution in [-0.4, -0.2) is 37.2 Å². The van der Waals surface area contributed by atoms with Crippen LogP contribution in [0, 0.1) is 0 Å². The van der Waals surface area contributed by atoms with Gasteiger partial charge in [-0.15, -0.1) is 0 Å². The van der Waals surface area contributed by atoms with E-state index < -0.39 is 6.10 Å². The first-order chi connectivity index (χ1) is 32.5. The number of esters is 3. The second-order valence-electron chi connectivity index (χ2n) is 15.9. The summed E-state index contributed by atoms with van der Waals surface area (Å²) in [7, 11) is 0. The molecule has 0 saturated carbocycles. The van der Waals surface area contributed by atoms with Gasteiger partial charge in [0.2, 0.25) is 0 Å². The lowest BCUT2D eigenvalue weighted by Gasteiger charge is -2.18. The van der Waals surface area contributed by atoms with Crippen LogP contribution in [0.2, 0.25) is 0 Å². The summed E-state index contributed by atoms with van der Waals surface area (Å²) in [5.74, 6) is -1.07. The lowest BCUT2D eigenvalue weighted by molar-refractivity contribution is -0.167. The molecule has 0 aliphatic carbocycles. The largest absolute Gasteiger partial charge is 0.462 e. The third-order valence-corrected chi connectivity index (χ3v) is 9.73. The van der Waals surface area contributed by atoms with Crippen LogP contribution < -0.4 is 0 Å². The van der Waals surface area contributed by atoms with Crippen molar-refractivity contribution in [3.8, 4) is 0 Å². The quantitative estimate of drug-likeness (QED) is 0.0200. The summed E-state index contributed by atoms with van der Waals surface area (Å²) < 4.78 is 16.7. The first kappa shape index (κ1) is 60.8. The van der Waals surface area contributed by atoms with E-state index in [9.17, 15) is 14.4 Å². The highest BCUT2D eigenvalue weighted by Gasteiger charge is 2.19. The van der Waals surface area contributed by atoms with Gasteiger partial charge in [0.15, 0.2) is 6.10 Å². The molecule has 0 rings (SSSR count). The van der Waals surface area contributed by atoms with E-state index in [1.165, 1.54) is 19.3 Å². The maximum Gasteiger partial charge on any atom is 0.306 e. The van der Waals surface area contributed by atoms with Crippen molar-refractivity contribution in [2.45, 2.75) is 175 Å². The van der Waals surface area contributed by atoms with Gasteiger partial charge >= 0.3 is 17.9 Å². The van der Waals surface area contributed by atoms with Gasteiger partial charge < -0.3 is 14.2 Å². The summed E-state index contributed by atoms with van der Waals surface area (Å²) in [6, 6.07) is 0. The number of hydrogen-bond acceptors (Lipinski definition) is 6. The zero-order chi connectivity index (χ0) is 47.9. The van der Waals surface area contributed by atoms with E-state index in [4.69, 9.17) is 14.2 Å². The van der Waals surface area contributed by atoms with Gasteiger partial charge in [0, 0.05) is 19.3 Å². The Morgan fingerprint density at radius 3 is 1.17 bits per heavy atom. The third-order valence-electron chi connectivity index (χ3n) is 9.73. The van der Waals surface area contributed by atoms with Crippen molar-refractivity contribution in [1.29, 1.82) is 0 Å². The van der Waals surface area contributed by atoms with Gasteiger partial charge in [-0.25, -0.2) is 0 Å². The van der Waals surface area contributed by atoms with Gasteiger partial charge in [-0.3, -0.25) is 14.4 Å². The Labute approximate surface area is 402 Å². The average molecular weight is 905 g/mol. The van der Waals surface area contributed by atoms with E-state index in [0.717, 1.165) is 96.3 Å². The fourth-order valence-corrected chi connectivity index (χ4v) is 5.99. The summed E-state index contributed by atoms with van der Waals surface area (Å²) in [4.78, 5) is 37.9. The fraction of sp³-hybridized carbons (Fsp3) is 0.483. The zero-order valence-electron chi connectivity index (χ0n) is 41.4. The van der Waals surface area contributed by atoms with E-state index in [0.29, 0.717) is 12.8 Å². The Balaban J connectivity index is 4.62. The molecule has 6 nitrogen and oxygen atoms in total. The lowest BCUT2D eigenvalue weighted by Crippen LogP contribution is -2.30. The van der Waals surface area contributed by atoms with Crippen molar-refractivity contribution >= 4 is 17.9 Å². The molecule has 0 aromatic carbocycles. The molecule has 1 unspecified atom stereocenters. The van der Waals surface area contributed by atoms with Crippen LogP contribution in [0.1, 0.15) is 168 Å². The summed E-state index contributed by atoms with van der Waals surface area (Å²) >= 11 is 0. The number of carbonyl (C=O) groups is 3. The van der Waals surface area contributed by atoms with Crippen molar-refractivity contribution < 1.29 is 28.6 Å². The highest BCUT2D eigenvalue weighted by atomic mass is 16.6. The number of ether oxygens (including phenoxy) is 3. The van der Waals surface area contributed by atoms with Crippen LogP contribution in [0.3, 0.4) is 0 Å². The molecular formula is C60H88O6. The van der Waals surface area contributed by atoms with Gasteiger partial charge in [-0.05, 0) is 89.9 Å². The highest BCUT2D eigenvalue weighted by Crippen LogP contribution is 2.11. The van der Waals surface area contributed by atoms with Crippen molar-refractivity contribution in [2.75, 3.05) is 13.2 Å². The van der Waals surface area contributed by atoms with Gasteiger partial charge in [-0.2, -0.15) is 0 Å². The Morgan fingerprint density at radius 1 is 0.333 bits per heavy atom. The van der Waals surface area contributed by atoms with E-state index >= 15 is 0 Å². The predicted molar refractivity (Wildman–Crippen MR) is 283 cm³/mol. The molecule has 0 aromatic rings. The summed E-state index contributed by atoms with van der Waals surface area (Å²) in [5.41, 5.74) is 0. The molecule has 0 amide bonds. The minimum atomic E-state index is -0.839. The van der Waals surface area contributed by atoms with Crippen LogP contribution in [0.15, 0.2) is 170 Å². The summed E-state index contributed by atoms with van der Waals surface area (Å²) in [5, 5.41) is 0. The maximum absolute atomic E-state index is 12.8. The Morgan fingerprint density at radius 2 is 0.682 bits per heavy atom. The molecule has 0 aliphatic rings. The number of allylic oxidation sites excluding steroid dienone is 28. The van der Waals surface area contributed by atoms with Crippen molar-refractivity contribution in [3.05, 3.63) is 170 Å². The summed E-state index contributed by atoms with van der Waals surface area (Å²) in [6.07, 6.45) is 77.6. The molecule has 0 fully saturated rings. The van der Waals surface area contributed by atoms with E-state index in [-0.39, 0.29) is 50.4 Å². The molecule has 0 N–H and O–H groups in total. The number of hydrogen-bond donors (Lipinski definition) is 0. The maximum atomic E-state index is 12.8. The molecule has 66 heavy (non-hydrogen) atoms. The topological polar surface area (TPSA) is 78.9 Å². The molecule has 364 valence electrons. The third kappa shape index (κ3) is 49.8. The molecule has 0 spiro atoms. The van der Waals surface area contributed by atoms with Crippen molar-refractivity contribution in [1.82, 2.24) is 0 Å². The minimum absolute atomic E-state index is 0.137. The Kier molecular flexibility index (Phi) is 48.2. The monoisotopic (exact) mass is 905 g/mol. The number of unbranched alkanes of at least 4 members (excludes halogenated alkanes) is 12. The van der Waals surface area contributed by atoms with E-state index in [1.807, 2.05) is 79.0 Å². The number of rotatable bonds is 42. The first-order valence-corrected chi connectivity index (χ1v) is 25.3. The minimum Gasteiger partial charge on any atom is -0.462 e. The average Bonchev–Trinajstić information content (AvgIpc) is 3.31. The number of carbonyl (C=O) groups excluding carboxylic acids is 3. The van der Waals surface area contributed by atoms with E-state index in [2.05, 4.69) is 112 Å². The second-order valence-corrected chi connectivity index (χ2v) is 15.9. The Hall–Kier alpha value is -5.23.